The zero-order chi connectivity index (χ0) is 16.8. The highest BCUT2D eigenvalue weighted by molar-refractivity contribution is 9.10. The van der Waals surface area contributed by atoms with Crippen molar-refractivity contribution in [2.75, 3.05) is 11.1 Å². The number of hydrogen-bond donors (Lipinski definition) is 2. The van der Waals surface area contributed by atoms with Crippen LogP contribution in [0.2, 0.25) is 0 Å². The number of anilines is 1. The van der Waals surface area contributed by atoms with Gasteiger partial charge in [0, 0.05) is 11.0 Å². The number of thioether (sulfide) groups is 1. The van der Waals surface area contributed by atoms with Gasteiger partial charge in [0.1, 0.15) is 0 Å². The molecule has 0 spiro atoms. The summed E-state index contributed by atoms with van der Waals surface area (Å²) < 4.78 is 2.42. The van der Waals surface area contributed by atoms with Gasteiger partial charge in [0.15, 0.2) is 5.16 Å². The Morgan fingerprint density at radius 2 is 2.26 bits per heavy atom. The Morgan fingerprint density at radius 3 is 2.96 bits per heavy atom. The summed E-state index contributed by atoms with van der Waals surface area (Å²) in [6, 6.07) is 5.73. The lowest BCUT2D eigenvalue weighted by Crippen LogP contribution is -2.19. The molecule has 0 aliphatic carbocycles. The Hall–Kier alpha value is -1.54. The molecule has 1 aromatic heterocycles. The van der Waals surface area contributed by atoms with E-state index in [0.29, 0.717) is 11.7 Å². The third kappa shape index (κ3) is 4.97. The minimum absolute atomic E-state index is 0.142. The molecule has 2 rings (SSSR count). The standard InChI is InChI=1S/C15H19BrN4O2S/c1-3-4-7-20-14(22)18-19-15(20)23-9-13(21)17-12-6-5-10(2)8-11(12)16/h5-6,8H,3-4,7,9H2,1-2H3,(H,17,21)(H,18,22). The molecule has 0 radical (unpaired) electrons. The summed E-state index contributed by atoms with van der Waals surface area (Å²) in [6.45, 7) is 4.66. The Kier molecular flexibility index (Phi) is 6.47. The highest BCUT2D eigenvalue weighted by atomic mass is 79.9. The number of carbonyl (C=O) groups excluding carboxylic acids is 1. The summed E-state index contributed by atoms with van der Waals surface area (Å²) >= 11 is 4.68. The number of rotatable bonds is 7. The number of benzene rings is 1. The van der Waals surface area contributed by atoms with Crippen molar-refractivity contribution in [1.82, 2.24) is 14.8 Å². The summed E-state index contributed by atoms with van der Waals surface area (Å²) in [5, 5.41) is 9.80. The molecule has 1 amide bonds. The number of H-pyrrole nitrogens is 1. The molecule has 1 aromatic carbocycles. The average Bonchev–Trinajstić information content (AvgIpc) is 2.86. The monoisotopic (exact) mass is 398 g/mol. The van der Waals surface area contributed by atoms with E-state index in [2.05, 4.69) is 38.4 Å². The van der Waals surface area contributed by atoms with Crippen LogP contribution in [-0.2, 0) is 11.3 Å². The molecule has 0 unspecified atom stereocenters. The number of nitrogens with zero attached hydrogens (tertiary/aromatic N) is 2. The van der Waals surface area contributed by atoms with Gasteiger partial charge in [-0.05, 0) is 47.0 Å². The van der Waals surface area contributed by atoms with Crippen molar-refractivity contribution in [3.63, 3.8) is 0 Å². The summed E-state index contributed by atoms with van der Waals surface area (Å²) in [6.07, 6.45) is 1.89. The number of unbranched alkanes of at least 4 members (excludes halogenated alkanes) is 1. The molecule has 8 heteroatoms. The number of halogens is 1. The van der Waals surface area contributed by atoms with Crippen molar-refractivity contribution in [3.05, 3.63) is 38.7 Å². The molecule has 0 bridgehead atoms. The predicted molar refractivity (Wildman–Crippen MR) is 96.0 cm³/mol. The van der Waals surface area contributed by atoms with Gasteiger partial charge < -0.3 is 5.32 Å². The molecular formula is C15H19BrN4O2S. The van der Waals surface area contributed by atoms with Crippen molar-refractivity contribution >= 4 is 39.3 Å². The normalized spacial score (nSPS) is 10.7. The SMILES string of the molecule is CCCCn1c(SCC(=O)Nc2ccc(C)cc2Br)n[nH]c1=O. The van der Waals surface area contributed by atoms with Crippen LogP contribution in [0, 0.1) is 6.92 Å². The maximum Gasteiger partial charge on any atom is 0.343 e. The van der Waals surface area contributed by atoms with Gasteiger partial charge in [0.2, 0.25) is 5.91 Å². The van der Waals surface area contributed by atoms with Crippen LogP contribution in [-0.4, -0.2) is 26.4 Å². The number of amides is 1. The van der Waals surface area contributed by atoms with Gasteiger partial charge in [-0.3, -0.25) is 9.36 Å². The predicted octanol–water partition coefficient (Wildman–Crippen LogP) is 3.17. The molecular weight excluding hydrogens is 380 g/mol. The van der Waals surface area contributed by atoms with Crippen molar-refractivity contribution in [2.24, 2.45) is 0 Å². The highest BCUT2D eigenvalue weighted by Crippen LogP contribution is 2.24. The molecule has 6 nitrogen and oxygen atoms in total. The van der Waals surface area contributed by atoms with Gasteiger partial charge in [-0.1, -0.05) is 31.2 Å². The van der Waals surface area contributed by atoms with E-state index in [-0.39, 0.29) is 17.3 Å². The second kappa shape index (κ2) is 8.35. The van der Waals surface area contributed by atoms with Crippen molar-refractivity contribution in [3.8, 4) is 0 Å². The van der Waals surface area contributed by atoms with E-state index in [1.54, 1.807) is 4.57 Å². The molecule has 1 heterocycles. The van der Waals surface area contributed by atoms with Crippen LogP contribution >= 0.6 is 27.7 Å². The lowest BCUT2D eigenvalue weighted by atomic mass is 10.2. The molecule has 2 aromatic rings. The van der Waals surface area contributed by atoms with E-state index in [0.717, 1.165) is 28.6 Å². The molecule has 124 valence electrons. The van der Waals surface area contributed by atoms with E-state index in [4.69, 9.17) is 0 Å². The van der Waals surface area contributed by atoms with Gasteiger partial charge in [0.25, 0.3) is 0 Å². The summed E-state index contributed by atoms with van der Waals surface area (Å²) in [5.74, 6) is 0.0496. The average molecular weight is 399 g/mol. The first-order valence-electron chi connectivity index (χ1n) is 7.35. The van der Waals surface area contributed by atoms with Gasteiger partial charge in [0.05, 0.1) is 11.4 Å². The number of nitrogens with one attached hydrogen (secondary N) is 2. The molecule has 0 fully saturated rings. The van der Waals surface area contributed by atoms with Crippen LogP contribution in [0.15, 0.2) is 32.6 Å². The van der Waals surface area contributed by atoms with Crippen LogP contribution in [0.1, 0.15) is 25.3 Å². The fourth-order valence-electron chi connectivity index (χ4n) is 1.96. The molecule has 0 aliphatic rings. The fraction of sp³-hybridized carbons (Fsp3) is 0.400. The quantitative estimate of drug-likeness (QED) is 0.701. The second-order valence-electron chi connectivity index (χ2n) is 5.14. The van der Waals surface area contributed by atoms with Crippen LogP contribution in [0.4, 0.5) is 5.69 Å². The van der Waals surface area contributed by atoms with Gasteiger partial charge >= 0.3 is 5.69 Å². The van der Waals surface area contributed by atoms with E-state index in [9.17, 15) is 9.59 Å². The molecule has 0 aliphatic heterocycles. The third-order valence-corrected chi connectivity index (χ3v) is 4.82. The van der Waals surface area contributed by atoms with E-state index >= 15 is 0 Å². The lowest BCUT2D eigenvalue weighted by molar-refractivity contribution is -0.113. The minimum atomic E-state index is -0.234. The Balaban J connectivity index is 1.95. The summed E-state index contributed by atoms with van der Waals surface area (Å²) in [5.41, 5.74) is 1.61. The largest absolute Gasteiger partial charge is 0.343 e. The van der Waals surface area contributed by atoms with Gasteiger partial charge in [-0.15, -0.1) is 5.10 Å². The number of aryl methyl sites for hydroxylation is 1. The van der Waals surface area contributed by atoms with Crippen LogP contribution < -0.4 is 11.0 Å². The zero-order valence-electron chi connectivity index (χ0n) is 13.1. The van der Waals surface area contributed by atoms with Crippen LogP contribution in [0.3, 0.4) is 0 Å². The Labute approximate surface area is 147 Å². The smallest absolute Gasteiger partial charge is 0.324 e. The van der Waals surface area contributed by atoms with Crippen molar-refractivity contribution < 1.29 is 4.79 Å². The lowest BCUT2D eigenvalue weighted by Gasteiger charge is -2.08. The first kappa shape index (κ1) is 17.8. The number of aromatic nitrogens is 3. The number of aromatic amines is 1. The topological polar surface area (TPSA) is 79.8 Å². The first-order valence-corrected chi connectivity index (χ1v) is 9.13. The zero-order valence-corrected chi connectivity index (χ0v) is 15.5. The summed E-state index contributed by atoms with van der Waals surface area (Å²) in [7, 11) is 0. The molecule has 0 saturated carbocycles. The highest BCUT2D eigenvalue weighted by Gasteiger charge is 2.12. The van der Waals surface area contributed by atoms with Crippen LogP contribution in [0.5, 0.6) is 0 Å². The van der Waals surface area contributed by atoms with E-state index < -0.39 is 0 Å². The Bertz CT molecular complexity index is 741. The van der Waals surface area contributed by atoms with Gasteiger partial charge in [-0.25, -0.2) is 9.89 Å². The molecule has 0 atom stereocenters. The van der Waals surface area contributed by atoms with Crippen molar-refractivity contribution in [1.29, 1.82) is 0 Å². The Morgan fingerprint density at radius 1 is 1.48 bits per heavy atom. The van der Waals surface area contributed by atoms with E-state index in [1.165, 1.54) is 11.8 Å². The minimum Gasteiger partial charge on any atom is -0.324 e. The first-order chi connectivity index (χ1) is 11.0. The summed E-state index contributed by atoms with van der Waals surface area (Å²) in [4.78, 5) is 23.8. The van der Waals surface area contributed by atoms with Crippen molar-refractivity contribution in [2.45, 2.75) is 38.4 Å². The maximum atomic E-state index is 12.1. The molecule has 0 saturated heterocycles. The molecule has 23 heavy (non-hydrogen) atoms. The fourth-order valence-corrected chi connectivity index (χ4v) is 3.33. The second-order valence-corrected chi connectivity index (χ2v) is 6.93. The molecule has 2 N–H and O–H groups in total. The van der Waals surface area contributed by atoms with Gasteiger partial charge in [-0.2, -0.15) is 0 Å². The number of hydrogen-bond acceptors (Lipinski definition) is 4. The third-order valence-electron chi connectivity index (χ3n) is 3.19. The maximum absolute atomic E-state index is 12.1. The van der Waals surface area contributed by atoms with Crippen LogP contribution in [0.25, 0.3) is 0 Å². The van der Waals surface area contributed by atoms with E-state index in [1.807, 2.05) is 25.1 Å². The number of carbonyl (C=O) groups is 1.